The van der Waals surface area contributed by atoms with Crippen molar-refractivity contribution < 1.29 is 19.2 Å². The number of carbonyl (C=O) groups excluding carboxylic acids is 1. The smallest absolute Gasteiger partial charge is 0.315 e. The van der Waals surface area contributed by atoms with Crippen LogP contribution >= 0.6 is 0 Å². The number of urea groups is 1. The molecule has 0 radical (unpaired) electrons. The zero-order chi connectivity index (χ0) is 12.9. The van der Waals surface area contributed by atoms with E-state index in [0.717, 1.165) is 6.39 Å². The first-order valence-corrected chi connectivity index (χ1v) is 4.92. The van der Waals surface area contributed by atoms with Gasteiger partial charge in [0.1, 0.15) is 0 Å². The Morgan fingerprint density at radius 2 is 2.24 bits per heavy atom. The molecule has 8 nitrogen and oxygen atoms in total. The van der Waals surface area contributed by atoms with Crippen molar-refractivity contribution in [3.8, 4) is 0 Å². The SMILES string of the molecule is CC(C)(CC(=O)O)NC(=O)NCc1ncon1. The average molecular weight is 242 g/mol. The van der Waals surface area contributed by atoms with Gasteiger partial charge in [-0.05, 0) is 13.8 Å². The Morgan fingerprint density at radius 1 is 1.53 bits per heavy atom. The van der Waals surface area contributed by atoms with Gasteiger partial charge in [0.25, 0.3) is 0 Å². The molecule has 0 fully saturated rings. The lowest BCUT2D eigenvalue weighted by Gasteiger charge is -2.24. The van der Waals surface area contributed by atoms with Gasteiger partial charge in [-0.1, -0.05) is 5.16 Å². The molecule has 17 heavy (non-hydrogen) atoms. The van der Waals surface area contributed by atoms with Gasteiger partial charge in [-0.15, -0.1) is 0 Å². The van der Waals surface area contributed by atoms with E-state index in [0.29, 0.717) is 5.82 Å². The topological polar surface area (TPSA) is 117 Å². The second-order valence-electron chi connectivity index (χ2n) is 4.11. The number of nitrogens with zero attached hydrogens (tertiary/aromatic N) is 2. The van der Waals surface area contributed by atoms with Crippen molar-refractivity contribution in [1.82, 2.24) is 20.8 Å². The second kappa shape index (κ2) is 5.28. The standard InChI is InChI=1S/C9H14N4O4/c1-9(2,3-7(14)15)12-8(16)10-4-6-11-5-17-13-6/h5H,3-4H2,1-2H3,(H,14,15)(H2,10,12,16). The van der Waals surface area contributed by atoms with Crippen LogP contribution in [0.2, 0.25) is 0 Å². The summed E-state index contributed by atoms with van der Waals surface area (Å²) in [6.45, 7) is 3.36. The van der Waals surface area contributed by atoms with E-state index in [1.54, 1.807) is 13.8 Å². The molecule has 0 aliphatic carbocycles. The van der Waals surface area contributed by atoms with E-state index >= 15 is 0 Å². The summed E-state index contributed by atoms with van der Waals surface area (Å²) >= 11 is 0. The van der Waals surface area contributed by atoms with Gasteiger partial charge in [0.2, 0.25) is 6.39 Å². The van der Waals surface area contributed by atoms with Crippen LogP contribution in [0.3, 0.4) is 0 Å². The van der Waals surface area contributed by atoms with E-state index in [1.165, 1.54) is 0 Å². The fourth-order valence-electron chi connectivity index (χ4n) is 1.20. The molecule has 0 aliphatic heterocycles. The summed E-state index contributed by atoms with van der Waals surface area (Å²) in [5.74, 6) is -0.635. The summed E-state index contributed by atoms with van der Waals surface area (Å²) in [6.07, 6.45) is 0.992. The van der Waals surface area contributed by atoms with Crippen molar-refractivity contribution in [3.63, 3.8) is 0 Å². The van der Waals surface area contributed by atoms with Crippen LogP contribution in [0.4, 0.5) is 4.79 Å². The fraction of sp³-hybridized carbons (Fsp3) is 0.556. The molecule has 3 N–H and O–H groups in total. The zero-order valence-corrected chi connectivity index (χ0v) is 9.56. The molecule has 0 saturated carbocycles. The first kappa shape index (κ1) is 12.9. The third kappa shape index (κ3) is 4.96. The predicted molar refractivity (Wildman–Crippen MR) is 56.0 cm³/mol. The van der Waals surface area contributed by atoms with E-state index in [9.17, 15) is 9.59 Å². The quantitative estimate of drug-likeness (QED) is 0.675. The van der Waals surface area contributed by atoms with E-state index < -0.39 is 17.5 Å². The maximum Gasteiger partial charge on any atom is 0.315 e. The molecule has 1 aromatic rings. The highest BCUT2D eigenvalue weighted by Gasteiger charge is 2.23. The number of carboxylic acid groups (broad SMARTS) is 1. The number of amides is 2. The van der Waals surface area contributed by atoms with Crippen molar-refractivity contribution >= 4 is 12.0 Å². The van der Waals surface area contributed by atoms with E-state index in [2.05, 4.69) is 25.3 Å². The molecule has 0 spiro atoms. The lowest BCUT2D eigenvalue weighted by molar-refractivity contribution is -0.138. The Bertz CT molecular complexity index is 388. The molecule has 2 amide bonds. The Balaban J connectivity index is 2.36. The van der Waals surface area contributed by atoms with E-state index in [4.69, 9.17) is 5.11 Å². The monoisotopic (exact) mass is 242 g/mol. The van der Waals surface area contributed by atoms with Crippen LogP contribution in [0.5, 0.6) is 0 Å². The van der Waals surface area contributed by atoms with Gasteiger partial charge in [0.05, 0.1) is 13.0 Å². The van der Waals surface area contributed by atoms with Crippen LogP contribution in [0.25, 0.3) is 0 Å². The highest BCUT2D eigenvalue weighted by Crippen LogP contribution is 2.07. The number of nitrogens with one attached hydrogen (secondary N) is 2. The van der Waals surface area contributed by atoms with Gasteiger partial charge in [0.15, 0.2) is 5.82 Å². The largest absolute Gasteiger partial charge is 0.481 e. The molecular weight excluding hydrogens is 228 g/mol. The van der Waals surface area contributed by atoms with Crippen LogP contribution in [-0.4, -0.2) is 32.8 Å². The van der Waals surface area contributed by atoms with Crippen LogP contribution in [-0.2, 0) is 11.3 Å². The number of carboxylic acids is 1. The lowest BCUT2D eigenvalue weighted by atomic mass is 10.0. The number of aliphatic carboxylic acids is 1. The van der Waals surface area contributed by atoms with Crippen molar-refractivity contribution in [3.05, 3.63) is 12.2 Å². The third-order valence-electron chi connectivity index (χ3n) is 1.86. The van der Waals surface area contributed by atoms with E-state index in [1.807, 2.05) is 0 Å². The molecule has 1 heterocycles. The molecule has 0 aliphatic rings. The lowest BCUT2D eigenvalue weighted by Crippen LogP contribution is -2.49. The van der Waals surface area contributed by atoms with Gasteiger partial charge in [-0.3, -0.25) is 4.79 Å². The van der Waals surface area contributed by atoms with Crippen LogP contribution < -0.4 is 10.6 Å². The Hall–Kier alpha value is -2.12. The molecule has 8 heteroatoms. The highest BCUT2D eigenvalue weighted by molar-refractivity contribution is 5.76. The summed E-state index contributed by atoms with van der Waals surface area (Å²) in [4.78, 5) is 25.7. The normalized spacial score (nSPS) is 10.9. The minimum atomic E-state index is -0.978. The van der Waals surface area contributed by atoms with Gasteiger partial charge in [-0.25, -0.2) is 4.79 Å². The van der Waals surface area contributed by atoms with Gasteiger partial charge < -0.3 is 20.3 Å². The second-order valence-corrected chi connectivity index (χ2v) is 4.11. The molecule has 1 rings (SSSR count). The molecule has 94 valence electrons. The number of aromatic nitrogens is 2. The molecule has 0 bridgehead atoms. The van der Waals surface area contributed by atoms with Crippen molar-refractivity contribution in [1.29, 1.82) is 0 Å². The summed E-state index contributed by atoms with van der Waals surface area (Å²) in [5.41, 5.74) is -0.826. The minimum Gasteiger partial charge on any atom is -0.481 e. The Morgan fingerprint density at radius 3 is 2.76 bits per heavy atom. The van der Waals surface area contributed by atoms with Gasteiger partial charge in [0, 0.05) is 5.54 Å². The summed E-state index contributed by atoms with van der Waals surface area (Å²) in [5, 5.41) is 17.2. The van der Waals surface area contributed by atoms with Gasteiger partial charge in [-0.2, -0.15) is 4.98 Å². The van der Waals surface area contributed by atoms with Crippen LogP contribution in [0.1, 0.15) is 26.1 Å². The molecule has 0 atom stereocenters. The Kier molecular flexibility index (Phi) is 4.02. The van der Waals surface area contributed by atoms with Crippen molar-refractivity contribution in [2.75, 3.05) is 0 Å². The first-order chi connectivity index (χ1) is 7.89. The number of hydrogen-bond acceptors (Lipinski definition) is 5. The molecular formula is C9H14N4O4. The fourth-order valence-corrected chi connectivity index (χ4v) is 1.20. The highest BCUT2D eigenvalue weighted by atomic mass is 16.5. The molecule has 0 saturated heterocycles. The molecule has 1 aromatic heterocycles. The maximum atomic E-state index is 11.4. The number of rotatable bonds is 5. The summed E-state index contributed by atoms with van der Waals surface area (Å²) < 4.78 is 4.49. The summed E-state index contributed by atoms with van der Waals surface area (Å²) in [7, 11) is 0. The maximum absolute atomic E-state index is 11.4. The first-order valence-electron chi connectivity index (χ1n) is 4.92. The number of hydrogen-bond donors (Lipinski definition) is 3. The van der Waals surface area contributed by atoms with Crippen molar-refractivity contribution in [2.24, 2.45) is 0 Å². The summed E-state index contributed by atoms with van der Waals surface area (Å²) in [6, 6.07) is -0.485. The third-order valence-corrected chi connectivity index (χ3v) is 1.86. The average Bonchev–Trinajstić information content (AvgIpc) is 2.63. The van der Waals surface area contributed by atoms with Crippen molar-refractivity contribution in [2.45, 2.75) is 32.4 Å². The van der Waals surface area contributed by atoms with E-state index in [-0.39, 0.29) is 13.0 Å². The van der Waals surface area contributed by atoms with Crippen LogP contribution in [0.15, 0.2) is 10.9 Å². The Labute approximate surface area is 97.4 Å². The van der Waals surface area contributed by atoms with Gasteiger partial charge >= 0.3 is 12.0 Å². The molecule has 0 aromatic carbocycles. The molecule has 0 unspecified atom stereocenters. The minimum absolute atomic E-state index is 0.117. The van der Waals surface area contributed by atoms with Crippen LogP contribution in [0, 0.1) is 0 Å². The zero-order valence-electron chi connectivity index (χ0n) is 9.56. The predicted octanol–water partition coefficient (Wildman–Crippen LogP) is 0.122. The number of carbonyl (C=O) groups is 2.